The van der Waals surface area contributed by atoms with E-state index in [1.165, 1.54) is 6.07 Å². The minimum absolute atomic E-state index is 0.131. The Hall–Kier alpha value is -2.14. The predicted molar refractivity (Wildman–Crippen MR) is 82.4 cm³/mol. The first-order chi connectivity index (χ1) is 10.0. The van der Waals surface area contributed by atoms with Gasteiger partial charge in [-0.3, -0.25) is 10.1 Å². The van der Waals surface area contributed by atoms with Crippen LogP contribution in [0.15, 0.2) is 34.7 Å². The second-order valence-corrected chi connectivity index (χ2v) is 5.19. The largest absolute Gasteiger partial charge is 0.461 e. The van der Waals surface area contributed by atoms with Crippen LogP contribution < -0.4 is 5.32 Å². The Morgan fingerprint density at radius 1 is 1.33 bits per heavy atom. The SMILES string of the molecule is CCNC(C)Cc1ccc(-c2ccc([N+](=O)[O-])c(C)c2)o1. The summed E-state index contributed by atoms with van der Waals surface area (Å²) in [5.41, 5.74) is 1.63. The lowest BCUT2D eigenvalue weighted by Gasteiger charge is -2.09. The van der Waals surface area contributed by atoms with Gasteiger partial charge in [0.15, 0.2) is 0 Å². The van der Waals surface area contributed by atoms with Crippen LogP contribution in [0, 0.1) is 17.0 Å². The third-order valence-electron chi connectivity index (χ3n) is 3.40. The summed E-state index contributed by atoms with van der Waals surface area (Å²) < 4.78 is 5.83. The standard InChI is InChI=1S/C16H20N2O3/c1-4-17-12(3)10-14-6-8-16(21-14)13-5-7-15(18(19)20)11(2)9-13/h5-9,12,17H,4,10H2,1-3H3. The van der Waals surface area contributed by atoms with Gasteiger partial charge in [-0.15, -0.1) is 0 Å². The van der Waals surface area contributed by atoms with Crippen molar-refractivity contribution in [2.45, 2.75) is 33.2 Å². The molecule has 0 bridgehead atoms. The molecule has 1 heterocycles. The van der Waals surface area contributed by atoms with Crippen LogP contribution in [0.1, 0.15) is 25.2 Å². The highest BCUT2D eigenvalue weighted by Crippen LogP contribution is 2.27. The Bertz CT molecular complexity index is 634. The van der Waals surface area contributed by atoms with E-state index in [4.69, 9.17) is 4.42 Å². The molecule has 1 atom stereocenters. The smallest absolute Gasteiger partial charge is 0.272 e. The third-order valence-corrected chi connectivity index (χ3v) is 3.40. The maximum Gasteiger partial charge on any atom is 0.272 e. The number of hydrogen-bond acceptors (Lipinski definition) is 4. The molecule has 2 rings (SSSR count). The summed E-state index contributed by atoms with van der Waals surface area (Å²) in [4.78, 5) is 10.5. The highest BCUT2D eigenvalue weighted by Gasteiger charge is 2.13. The summed E-state index contributed by atoms with van der Waals surface area (Å²) >= 11 is 0. The van der Waals surface area contributed by atoms with Crippen LogP contribution in [0.5, 0.6) is 0 Å². The van der Waals surface area contributed by atoms with Crippen molar-refractivity contribution < 1.29 is 9.34 Å². The van der Waals surface area contributed by atoms with Gasteiger partial charge in [-0.1, -0.05) is 6.92 Å². The zero-order valence-electron chi connectivity index (χ0n) is 12.6. The highest BCUT2D eigenvalue weighted by atomic mass is 16.6. The van der Waals surface area contributed by atoms with Gasteiger partial charge in [-0.05, 0) is 44.7 Å². The molecule has 0 spiro atoms. The molecule has 0 amide bonds. The van der Waals surface area contributed by atoms with Gasteiger partial charge in [-0.2, -0.15) is 0 Å². The highest BCUT2D eigenvalue weighted by molar-refractivity contribution is 5.62. The molecular formula is C16H20N2O3. The van der Waals surface area contributed by atoms with Crippen molar-refractivity contribution in [3.63, 3.8) is 0 Å². The van der Waals surface area contributed by atoms with Gasteiger partial charge in [0.05, 0.1) is 4.92 Å². The average molecular weight is 288 g/mol. The molecule has 1 N–H and O–H groups in total. The molecular weight excluding hydrogens is 268 g/mol. The molecule has 1 unspecified atom stereocenters. The molecule has 0 aliphatic rings. The Labute approximate surface area is 124 Å². The van der Waals surface area contributed by atoms with E-state index in [0.29, 0.717) is 11.6 Å². The molecule has 2 aromatic rings. The van der Waals surface area contributed by atoms with Crippen molar-refractivity contribution in [2.75, 3.05) is 6.54 Å². The van der Waals surface area contributed by atoms with Gasteiger partial charge >= 0.3 is 0 Å². The maximum atomic E-state index is 10.8. The average Bonchev–Trinajstić information content (AvgIpc) is 2.86. The summed E-state index contributed by atoms with van der Waals surface area (Å²) in [5, 5.41) is 14.2. The van der Waals surface area contributed by atoms with E-state index in [-0.39, 0.29) is 10.6 Å². The van der Waals surface area contributed by atoms with E-state index in [2.05, 4.69) is 19.2 Å². The summed E-state index contributed by atoms with van der Waals surface area (Å²) in [6.45, 7) is 6.85. The molecule has 21 heavy (non-hydrogen) atoms. The van der Waals surface area contributed by atoms with Gasteiger partial charge in [0, 0.05) is 29.7 Å². The lowest BCUT2D eigenvalue weighted by Crippen LogP contribution is -2.27. The minimum Gasteiger partial charge on any atom is -0.461 e. The zero-order chi connectivity index (χ0) is 15.4. The summed E-state index contributed by atoms with van der Waals surface area (Å²) in [7, 11) is 0. The van der Waals surface area contributed by atoms with Crippen molar-refractivity contribution in [3.05, 3.63) is 51.8 Å². The first-order valence-corrected chi connectivity index (χ1v) is 7.08. The molecule has 112 valence electrons. The van der Waals surface area contributed by atoms with Gasteiger partial charge in [0.1, 0.15) is 11.5 Å². The van der Waals surface area contributed by atoms with Crippen LogP contribution in [-0.4, -0.2) is 17.5 Å². The van der Waals surface area contributed by atoms with Crippen molar-refractivity contribution in [3.8, 4) is 11.3 Å². The Kier molecular flexibility index (Phi) is 4.75. The fourth-order valence-corrected chi connectivity index (χ4v) is 2.38. The Morgan fingerprint density at radius 3 is 2.71 bits per heavy atom. The van der Waals surface area contributed by atoms with Crippen LogP contribution in [-0.2, 0) is 6.42 Å². The molecule has 1 aromatic carbocycles. The third kappa shape index (κ3) is 3.70. The van der Waals surface area contributed by atoms with Gasteiger partial charge in [-0.25, -0.2) is 0 Å². The minimum atomic E-state index is -0.370. The molecule has 0 aliphatic carbocycles. The Balaban J connectivity index is 2.18. The summed E-state index contributed by atoms with van der Waals surface area (Å²) in [6, 6.07) is 9.26. The number of rotatable bonds is 6. The second-order valence-electron chi connectivity index (χ2n) is 5.19. The molecule has 0 saturated carbocycles. The number of hydrogen-bond donors (Lipinski definition) is 1. The molecule has 0 radical (unpaired) electrons. The number of nitrogens with zero attached hydrogens (tertiary/aromatic N) is 1. The normalized spacial score (nSPS) is 12.3. The van der Waals surface area contributed by atoms with E-state index >= 15 is 0 Å². The molecule has 5 heteroatoms. The van der Waals surface area contributed by atoms with Gasteiger partial charge in [0.25, 0.3) is 5.69 Å². The molecule has 0 fully saturated rings. The topological polar surface area (TPSA) is 68.3 Å². The maximum absolute atomic E-state index is 10.8. The van der Waals surface area contributed by atoms with Crippen molar-refractivity contribution in [1.82, 2.24) is 5.32 Å². The lowest BCUT2D eigenvalue weighted by molar-refractivity contribution is -0.385. The number of aryl methyl sites for hydroxylation is 1. The van der Waals surface area contributed by atoms with Gasteiger partial charge < -0.3 is 9.73 Å². The lowest BCUT2D eigenvalue weighted by atomic mass is 10.1. The number of furan rings is 1. The molecule has 5 nitrogen and oxygen atoms in total. The van der Waals surface area contributed by atoms with E-state index in [1.807, 2.05) is 12.1 Å². The van der Waals surface area contributed by atoms with Crippen LogP contribution in [0.4, 0.5) is 5.69 Å². The monoisotopic (exact) mass is 288 g/mol. The molecule has 1 aromatic heterocycles. The van der Waals surface area contributed by atoms with Crippen LogP contribution in [0.25, 0.3) is 11.3 Å². The van der Waals surface area contributed by atoms with Crippen molar-refractivity contribution >= 4 is 5.69 Å². The Morgan fingerprint density at radius 2 is 2.10 bits per heavy atom. The summed E-state index contributed by atoms with van der Waals surface area (Å²) in [6.07, 6.45) is 0.819. The van der Waals surface area contributed by atoms with Gasteiger partial charge in [0.2, 0.25) is 0 Å². The number of nitro benzene ring substituents is 1. The summed E-state index contributed by atoms with van der Waals surface area (Å²) in [5.74, 6) is 1.65. The molecule has 0 saturated heterocycles. The second kappa shape index (κ2) is 6.54. The predicted octanol–water partition coefficient (Wildman–Crippen LogP) is 3.70. The quantitative estimate of drug-likeness (QED) is 0.650. The number of nitrogens with one attached hydrogen (secondary N) is 1. The van der Waals surface area contributed by atoms with E-state index in [9.17, 15) is 10.1 Å². The zero-order valence-corrected chi connectivity index (χ0v) is 12.6. The van der Waals surface area contributed by atoms with E-state index in [1.54, 1.807) is 19.1 Å². The van der Waals surface area contributed by atoms with E-state index in [0.717, 1.165) is 30.0 Å². The van der Waals surface area contributed by atoms with Crippen molar-refractivity contribution in [2.24, 2.45) is 0 Å². The van der Waals surface area contributed by atoms with E-state index < -0.39 is 0 Å². The number of nitro groups is 1. The van der Waals surface area contributed by atoms with Crippen molar-refractivity contribution in [1.29, 1.82) is 0 Å². The fraction of sp³-hybridized carbons (Fsp3) is 0.375. The van der Waals surface area contributed by atoms with Crippen LogP contribution in [0.2, 0.25) is 0 Å². The molecule has 0 aliphatic heterocycles. The fourth-order valence-electron chi connectivity index (χ4n) is 2.38. The van der Waals surface area contributed by atoms with Crippen LogP contribution >= 0.6 is 0 Å². The first kappa shape index (κ1) is 15.3. The number of benzene rings is 1. The first-order valence-electron chi connectivity index (χ1n) is 7.08. The van der Waals surface area contributed by atoms with Crippen LogP contribution in [0.3, 0.4) is 0 Å². The number of likely N-dealkylation sites (N-methyl/N-ethyl adjacent to an activating group) is 1.